The predicted octanol–water partition coefficient (Wildman–Crippen LogP) is 4.95. The summed E-state index contributed by atoms with van der Waals surface area (Å²) in [4.78, 5) is 12.4. The number of halogens is 1. The third kappa shape index (κ3) is 4.22. The van der Waals surface area contributed by atoms with E-state index in [4.69, 9.17) is 4.74 Å². The van der Waals surface area contributed by atoms with E-state index >= 15 is 0 Å². The van der Waals surface area contributed by atoms with Crippen molar-refractivity contribution in [2.75, 3.05) is 5.32 Å². The normalized spacial score (nSPS) is 10.6. The van der Waals surface area contributed by atoms with Crippen molar-refractivity contribution in [2.24, 2.45) is 0 Å². The fourth-order valence-electron chi connectivity index (χ4n) is 2.09. The van der Waals surface area contributed by atoms with Gasteiger partial charge in [0.1, 0.15) is 5.75 Å². The van der Waals surface area contributed by atoms with Crippen molar-refractivity contribution in [1.82, 2.24) is 0 Å². The van der Waals surface area contributed by atoms with E-state index in [0.29, 0.717) is 11.3 Å². The Hall–Kier alpha value is -1.56. The van der Waals surface area contributed by atoms with E-state index in [0.717, 1.165) is 16.8 Å². The van der Waals surface area contributed by atoms with Gasteiger partial charge in [-0.3, -0.25) is 4.79 Å². The third-order valence-electron chi connectivity index (χ3n) is 3.22. The van der Waals surface area contributed by atoms with Crippen molar-refractivity contribution in [3.8, 4) is 5.75 Å². The molecule has 0 saturated heterocycles. The van der Waals surface area contributed by atoms with Crippen LogP contribution in [0.1, 0.15) is 35.3 Å². The second-order valence-electron chi connectivity index (χ2n) is 5.56. The van der Waals surface area contributed by atoms with E-state index in [1.54, 1.807) is 12.1 Å². The molecule has 0 fully saturated rings. The lowest BCUT2D eigenvalue weighted by molar-refractivity contribution is 0.102. The minimum Gasteiger partial charge on any atom is -0.491 e. The van der Waals surface area contributed by atoms with Gasteiger partial charge in [0.15, 0.2) is 0 Å². The molecule has 4 heteroatoms. The molecule has 0 heterocycles. The minimum atomic E-state index is -0.127. The van der Waals surface area contributed by atoms with Crippen molar-refractivity contribution in [2.45, 2.75) is 33.8 Å². The topological polar surface area (TPSA) is 38.3 Å². The number of hydrogen-bond acceptors (Lipinski definition) is 2. The Morgan fingerprint density at radius 1 is 1.14 bits per heavy atom. The van der Waals surface area contributed by atoms with Gasteiger partial charge in [-0.2, -0.15) is 0 Å². The number of anilines is 1. The SMILES string of the molecule is Cc1cc(NC(=O)c2cccc(OC(C)C)c2)c(C)cc1I. The fraction of sp³-hybridized carbons (Fsp3) is 0.278. The molecule has 2 rings (SSSR count). The zero-order valence-corrected chi connectivity index (χ0v) is 15.4. The number of benzene rings is 2. The van der Waals surface area contributed by atoms with Crippen molar-refractivity contribution < 1.29 is 9.53 Å². The molecule has 1 amide bonds. The van der Waals surface area contributed by atoms with E-state index in [9.17, 15) is 4.79 Å². The van der Waals surface area contributed by atoms with E-state index < -0.39 is 0 Å². The Morgan fingerprint density at radius 2 is 1.86 bits per heavy atom. The molecule has 3 nitrogen and oxygen atoms in total. The zero-order valence-electron chi connectivity index (χ0n) is 13.2. The van der Waals surface area contributed by atoms with Crippen molar-refractivity contribution in [3.05, 3.63) is 56.7 Å². The van der Waals surface area contributed by atoms with Gasteiger partial charge in [-0.25, -0.2) is 0 Å². The summed E-state index contributed by atoms with van der Waals surface area (Å²) in [5.74, 6) is 0.580. The lowest BCUT2D eigenvalue weighted by atomic mass is 10.1. The molecular formula is C18H20INO2. The number of hydrogen-bond donors (Lipinski definition) is 1. The number of aryl methyl sites for hydroxylation is 2. The van der Waals surface area contributed by atoms with Crippen LogP contribution in [0.25, 0.3) is 0 Å². The summed E-state index contributed by atoms with van der Waals surface area (Å²) < 4.78 is 6.83. The van der Waals surface area contributed by atoms with Crippen LogP contribution >= 0.6 is 22.6 Å². The molecule has 0 spiro atoms. The maximum Gasteiger partial charge on any atom is 0.255 e. The second-order valence-corrected chi connectivity index (χ2v) is 6.73. The Balaban J connectivity index is 2.21. The summed E-state index contributed by atoms with van der Waals surface area (Å²) in [6.07, 6.45) is 0.0828. The summed E-state index contributed by atoms with van der Waals surface area (Å²) in [5.41, 5.74) is 3.64. The van der Waals surface area contributed by atoms with Crippen LogP contribution in [0.5, 0.6) is 5.75 Å². The molecule has 0 saturated carbocycles. The van der Waals surface area contributed by atoms with Crippen molar-refractivity contribution in [1.29, 1.82) is 0 Å². The summed E-state index contributed by atoms with van der Waals surface area (Å²) >= 11 is 2.30. The molecule has 22 heavy (non-hydrogen) atoms. The highest BCUT2D eigenvalue weighted by Gasteiger charge is 2.10. The van der Waals surface area contributed by atoms with E-state index in [1.165, 1.54) is 3.57 Å². The van der Waals surface area contributed by atoms with Gasteiger partial charge in [-0.05, 0) is 91.7 Å². The number of nitrogens with one attached hydrogen (secondary N) is 1. The molecule has 0 unspecified atom stereocenters. The molecular weight excluding hydrogens is 389 g/mol. The standard InChI is InChI=1S/C18H20INO2/c1-11(2)22-15-7-5-6-14(10-15)18(21)20-17-9-12(3)16(19)8-13(17)4/h5-11H,1-4H3,(H,20,21). The number of carbonyl (C=O) groups is 1. The van der Waals surface area contributed by atoms with Gasteiger partial charge in [-0.15, -0.1) is 0 Å². The minimum absolute atomic E-state index is 0.0828. The van der Waals surface area contributed by atoms with Gasteiger partial charge in [0.05, 0.1) is 6.10 Å². The maximum absolute atomic E-state index is 12.4. The van der Waals surface area contributed by atoms with Crippen molar-refractivity contribution >= 4 is 34.2 Å². The maximum atomic E-state index is 12.4. The van der Waals surface area contributed by atoms with Gasteiger partial charge in [0, 0.05) is 14.8 Å². The van der Waals surface area contributed by atoms with Gasteiger partial charge >= 0.3 is 0 Å². The van der Waals surface area contributed by atoms with Crippen LogP contribution in [-0.2, 0) is 0 Å². The van der Waals surface area contributed by atoms with Crippen LogP contribution in [-0.4, -0.2) is 12.0 Å². The molecule has 0 atom stereocenters. The number of rotatable bonds is 4. The first-order valence-electron chi connectivity index (χ1n) is 7.21. The molecule has 1 N–H and O–H groups in total. The van der Waals surface area contributed by atoms with Crippen LogP contribution in [0.15, 0.2) is 36.4 Å². The van der Waals surface area contributed by atoms with Gasteiger partial charge in [0.2, 0.25) is 0 Å². The summed E-state index contributed by atoms with van der Waals surface area (Å²) in [7, 11) is 0. The molecule has 0 aliphatic carbocycles. The largest absolute Gasteiger partial charge is 0.491 e. The van der Waals surface area contributed by atoms with Gasteiger partial charge < -0.3 is 10.1 Å². The van der Waals surface area contributed by atoms with Crippen LogP contribution < -0.4 is 10.1 Å². The molecule has 2 aromatic carbocycles. The quantitative estimate of drug-likeness (QED) is 0.726. The molecule has 0 aliphatic rings. The molecule has 0 aromatic heterocycles. The van der Waals surface area contributed by atoms with Crippen molar-refractivity contribution in [3.63, 3.8) is 0 Å². The highest BCUT2D eigenvalue weighted by atomic mass is 127. The monoisotopic (exact) mass is 409 g/mol. The predicted molar refractivity (Wildman–Crippen MR) is 98.8 cm³/mol. The van der Waals surface area contributed by atoms with E-state index in [1.807, 2.05) is 45.9 Å². The lowest BCUT2D eigenvalue weighted by Gasteiger charge is -2.13. The summed E-state index contributed by atoms with van der Waals surface area (Å²) in [6.45, 7) is 7.96. The number of carbonyl (C=O) groups excluding carboxylic acids is 1. The van der Waals surface area contributed by atoms with Crippen LogP contribution in [0.4, 0.5) is 5.69 Å². The van der Waals surface area contributed by atoms with Gasteiger partial charge in [0.25, 0.3) is 5.91 Å². The van der Waals surface area contributed by atoms with Crippen LogP contribution in [0.2, 0.25) is 0 Å². The Labute approximate surface area is 145 Å². The van der Waals surface area contributed by atoms with E-state index in [2.05, 4.69) is 34.0 Å². The smallest absolute Gasteiger partial charge is 0.255 e. The molecule has 0 bridgehead atoms. The zero-order chi connectivity index (χ0) is 16.3. The van der Waals surface area contributed by atoms with Crippen LogP contribution in [0, 0.1) is 17.4 Å². The van der Waals surface area contributed by atoms with Gasteiger partial charge in [-0.1, -0.05) is 6.07 Å². The average Bonchev–Trinajstić information content (AvgIpc) is 2.44. The van der Waals surface area contributed by atoms with Crippen LogP contribution in [0.3, 0.4) is 0 Å². The van der Waals surface area contributed by atoms with E-state index in [-0.39, 0.29) is 12.0 Å². The highest BCUT2D eigenvalue weighted by Crippen LogP contribution is 2.23. The summed E-state index contributed by atoms with van der Waals surface area (Å²) in [6, 6.07) is 11.3. The number of ether oxygens (including phenoxy) is 1. The highest BCUT2D eigenvalue weighted by molar-refractivity contribution is 14.1. The Kier molecular flexibility index (Phi) is 5.45. The molecule has 0 radical (unpaired) electrons. The molecule has 2 aromatic rings. The second kappa shape index (κ2) is 7.13. The lowest BCUT2D eigenvalue weighted by Crippen LogP contribution is -2.14. The third-order valence-corrected chi connectivity index (χ3v) is 4.38. The first kappa shape index (κ1) is 16.8. The Morgan fingerprint density at radius 3 is 2.55 bits per heavy atom. The number of amides is 1. The summed E-state index contributed by atoms with van der Waals surface area (Å²) in [5, 5.41) is 2.98. The average molecular weight is 409 g/mol. The Bertz CT molecular complexity index is 695. The fourth-order valence-corrected chi connectivity index (χ4v) is 2.72. The molecule has 116 valence electrons. The first-order valence-corrected chi connectivity index (χ1v) is 8.29. The molecule has 0 aliphatic heterocycles. The first-order chi connectivity index (χ1) is 10.4.